The van der Waals surface area contributed by atoms with Crippen molar-refractivity contribution in [1.82, 2.24) is 64.3 Å². The number of piperazine rings is 1. The Morgan fingerprint density at radius 1 is 0.848 bits per heavy atom. The SMILES string of the molecule is Cn1nc(C2CC(=O)NC(=O)C2)c2c(N3CCCCC3N3CCN([C@@H](C4CCCCC4)n4cc(-n5cc(-c6cnn7ccc(N8CCC[C@H](O)C8)nc67)nn5)c(C(F)F)n4)CC3)cccc21. The lowest BCUT2D eigenvalue weighted by atomic mass is 9.86. The number of aromatic nitrogens is 10. The summed E-state index contributed by atoms with van der Waals surface area (Å²) in [6.45, 7) is 5.26. The second-order valence-corrected chi connectivity index (χ2v) is 18.9. The fraction of sp³-hybridized carbons (Fsp3) is 0.565. The molecule has 3 atom stereocenters. The number of amides is 2. The number of nitrogens with one attached hydrogen (secondary N) is 1. The second-order valence-electron chi connectivity index (χ2n) is 18.9. The van der Waals surface area contributed by atoms with Gasteiger partial charge in [0.25, 0.3) is 6.43 Å². The van der Waals surface area contributed by atoms with Crippen LogP contribution in [0.15, 0.2) is 49.1 Å². The van der Waals surface area contributed by atoms with E-state index < -0.39 is 12.5 Å². The normalized spacial score (nSPS) is 22.9. The number of carbonyl (C=O) groups excluding carboxylic acids is 2. The summed E-state index contributed by atoms with van der Waals surface area (Å²) in [6.07, 6.45) is 14.1. The number of hydrogen-bond acceptors (Lipinski definition) is 13. The number of aliphatic hydroxyl groups excluding tert-OH is 1. The Kier molecular flexibility index (Phi) is 11.5. The molecule has 11 rings (SSSR count). The van der Waals surface area contributed by atoms with Crippen molar-refractivity contribution < 1.29 is 23.5 Å². The van der Waals surface area contributed by atoms with Crippen LogP contribution in [0.1, 0.15) is 107 Å². The average molecular weight is 906 g/mol. The van der Waals surface area contributed by atoms with E-state index in [4.69, 9.17) is 10.1 Å². The van der Waals surface area contributed by atoms with E-state index in [2.05, 4.69) is 63.6 Å². The van der Waals surface area contributed by atoms with Crippen molar-refractivity contribution in [2.45, 2.75) is 108 Å². The topological polar surface area (TPSA) is 176 Å². The third-order valence-electron chi connectivity index (χ3n) is 14.7. The van der Waals surface area contributed by atoms with Gasteiger partial charge in [0.1, 0.15) is 23.4 Å². The summed E-state index contributed by atoms with van der Waals surface area (Å²) < 4.78 is 36.8. The molecule has 18 nitrogen and oxygen atoms in total. The molecule has 4 saturated heterocycles. The van der Waals surface area contributed by atoms with Crippen LogP contribution in [0.5, 0.6) is 0 Å². The van der Waals surface area contributed by atoms with Gasteiger partial charge in [-0.05, 0) is 69.1 Å². The summed E-state index contributed by atoms with van der Waals surface area (Å²) in [6, 6.07) is 8.17. The quantitative estimate of drug-likeness (QED) is 0.172. The van der Waals surface area contributed by atoms with Crippen molar-refractivity contribution in [3.63, 3.8) is 0 Å². The second kappa shape index (κ2) is 17.7. The minimum absolute atomic E-state index is 0.139. The first-order valence-electron chi connectivity index (χ1n) is 23.8. The summed E-state index contributed by atoms with van der Waals surface area (Å²) in [5, 5.41) is 36.7. The Balaban J connectivity index is 0.859. The zero-order valence-electron chi connectivity index (χ0n) is 37.3. The van der Waals surface area contributed by atoms with Crippen LogP contribution in [0.25, 0.3) is 33.5 Å². The van der Waals surface area contributed by atoms with E-state index in [9.17, 15) is 14.7 Å². The molecule has 5 aliphatic rings. The maximum absolute atomic E-state index is 15.1. The number of hydrogen-bond donors (Lipinski definition) is 2. The van der Waals surface area contributed by atoms with Crippen LogP contribution in [0.3, 0.4) is 0 Å². The lowest BCUT2D eigenvalue weighted by molar-refractivity contribution is -0.133. The van der Waals surface area contributed by atoms with Crippen LogP contribution in [-0.4, -0.2) is 134 Å². The van der Waals surface area contributed by atoms with Gasteiger partial charge in [0.05, 0.1) is 47.6 Å². The molecule has 2 amide bonds. The molecule has 9 heterocycles. The summed E-state index contributed by atoms with van der Waals surface area (Å²) in [7, 11) is 1.92. The fourth-order valence-electron chi connectivity index (χ4n) is 11.6. The van der Waals surface area contributed by atoms with Crippen LogP contribution >= 0.6 is 0 Å². The first-order chi connectivity index (χ1) is 32.2. The molecule has 348 valence electrons. The maximum atomic E-state index is 15.1. The fourth-order valence-corrected chi connectivity index (χ4v) is 11.6. The Hall–Kier alpha value is -5.86. The number of nitrogens with zero attached hydrogens (tertiary/aromatic N) is 14. The molecular weight excluding hydrogens is 849 g/mol. The van der Waals surface area contributed by atoms with Crippen LogP contribution in [0.2, 0.25) is 0 Å². The van der Waals surface area contributed by atoms with Gasteiger partial charge >= 0.3 is 0 Å². The summed E-state index contributed by atoms with van der Waals surface area (Å²) >= 11 is 0. The molecule has 4 aliphatic heterocycles. The first-order valence-corrected chi connectivity index (χ1v) is 23.8. The number of anilines is 2. The maximum Gasteiger partial charge on any atom is 0.284 e. The summed E-state index contributed by atoms with van der Waals surface area (Å²) in [5.41, 5.74) is 4.34. The lowest BCUT2D eigenvalue weighted by Gasteiger charge is -2.49. The number of aryl methyl sites for hydroxylation is 1. The minimum Gasteiger partial charge on any atom is -0.391 e. The van der Waals surface area contributed by atoms with E-state index in [0.29, 0.717) is 23.4 Å². The Labute approximate surface area is 380 Å². The van der Waals surface area contributed by atoms with E-state index in [-0.39, 0.29) is 60.2 Å². The molecule has 1 aromatic carbocycles. The molecule has 5 fully saturated rings. The summed E-state index contributed by atoms with van der Waals surface area (Å²) in [5.74, 6) is 0.158. The van der Waals surface area contributed by atoms with Gasteiger partial charge in [-0.2, -0.15) is 15.3 Å². The molecule has 6 aromatic rings. The van der Waals surface area contributed by atoms with Gasteiger partial charge in [-0.1, -0.05) is 30.5 Å². The van der Waals surface area contributed by atoms with Gasteiger partial charge in [-0.25, -0.2) is 23.0 Å². The third kappa shape index (κ3) is 7.99. The Morgan fingerprint density at radius 2 is 1.65 bits per heavy atom. The molecule has 0 radical (unpaired) electrons. The number of alkyl halides is 2. The van der Waals surface area contributed by atoms with E-state index in [0.717, 1.165) is 125 Å². The van der Waals surface area contributed by atoms with Gasteiger partial charge in [0.2, 0.25) is 11.8 Å². The highest BCUT2D eigenvalue weighted by molar-refractivity contribution is 6.01. The van der Waals surface area contributed by atoms with E-state index >= 15 is 8.78 Å². The first kappa shape index (κ1) is 42.8. The Morgan fingerprint density at radius 3 is 2.44 bits per heavy atom. The van der Waals surface area contributed by atoms with Crippen LogP contribution < -0.4 is 15.1 Å². The largest absolute Gasteiger partial charge is 0.391 e. The number of benzene rings is 1. The monoisotopic (exact) mass is 905 g/mol. The number of piperidine rings is 3. The van der Waals surface area contributed by atoms with E-state index in [1.54, 1.807) is 27.8 Å². The number of imide groups is 1. The van der Waals surface area contributed by atoms with Gasteiger partial charge in [-0.15, -0.1) is 5.10 Å². The number of aliphatic hydroxyl groups is 1. The molecule has 1 saturated carbocycles. The molecule has 2 N–H and O–H groups in total. The van der Waals surface area contributed by atoms with Crippen LogP contribution in [0.4, 0.5) is 20.3 Å². The predicted octanol–water partition coefficient (Wildman–Crippen LogP) is 5.19. The highest BCUT2D eigenvalue weighted by Gasteiger charge is 2.39. The molecule has 0 bridgehead atoms. The van der Waals surface area contributed by atoms with Crippen molar-refractivity contribution in [3.05, 3.63) is 60.4 Å². The minimum atomic E-state index is -2.84. The van der Waals surface area contributed by atoms with Gasteiger partial charge in [0, 0.05) is 88.9 Å². The predicted molar refractivity (Wildman–Crippen MR) is 241 cm³/mol. The lowest BCUT2D eigenvalue weighted by Crippen LogP contribution is -2.58. The van der Waals surface area contributed by atoms with Crippen molar-refractivity contribution in [2.24, 2.45) is 13.0 Å². The highest BCUT2D eigenvalue weighted by Crippen LogP contribution is 2.41. The van der Waals surface area contributed by atoms with Crippen LogP contribution in [0, 0.1) is 5.92 Å². The number of carbonyl (C=O) groups is 2. The number of halogens is 2. The van der Waals surface area contributed by atoms with Crippen molar-refractivity contribution in [3.8, 4) is 16.9 Å². The zero-order chi connectivity index (χ0) is 45.1. The highest BCUT2D eigenvalue weighted by atomic mass is 19.3. The summed E-state index contributed by atoms with van der Waals surface area (Å²) in [4.78, 5) is 39.5. The molecule has 66 heavy (non-hydrogen) atoms. The smallest absolute Gasteiger partial charge is 0.284 e. The number of β-amino-alcohol motifs (C(OH)–C–C–N with tert-alkyl or cyclic N) is 1. The van der Waals surface area contributed by atoms with E-state index in [1.807, 2.05) is 24.0 Å². The van der Waals surface area contributed by atoms with Crippen molar-refractivity contribution >= 4 is 39.9 Å². The van der Waals surface area contributed by atoms with Gasteiger partial charge in [0.15, 0.2) is 11.3 Å². The van der Waals surface area contributed by atoms with Gasteiger partial charge in [-0.3, -0.25) is 34.1 Å². The average Bonchev–Trinajstić information content (AvgIpc) is 4.15. The molecule has 5 aromatic heterocycles. The van der Waals surface area contributed by atoms with Crippen molar-refractivity contribution in [2.75, 3.05) is 55.6 Å². The van der Waals surface area contributed by atoms with Crippen molar-refractivity contribution in [1.29, 1.82) is 0 Å². The molecule has 0 spiro atoms. The van der Waals surface area contributed by atoms with E-state index in [1.165, 1.54) is 11.1 Å². The standard InChI is InChI=1S/C46H57F2N15O3/c1-56-34-12-7-13-35(41(34)42(53-56)30-23-38(65)51-39(66)24-30)60-17-6-5-14-40(60)57-19-21-58(22-20-57)46(29-9-3-2-4-10-29)63-28-36(43(54-63)44(47)48)62-27-33(52-55-62)32-25-49-61-18-15-37(50-45(32)61)59-16-8-11-31(64)26-59/h7,12-13,15,18,25,27-31,40,44,46,64H,2-6,8-11,14,16-17,19-24,26H2,1H3,(H,51,65,66)/t31-,40?,46+/m0/s1. The molecular formula is C46H57F2N15O3. The van der Waals surface area contributed by atoms with Crippen LogP contribution in [-0.2, 0) is 16.6 Å². The molecule has 1 unspecified atom stereocenters. The third-order valence-corrected chi connectivity index (χ3v) is 14.7. The zero-order valence-corrected chi connectivity index (χ0v) is 37.3. The Bertz CT molecular complexity index is 2720. The number of fused-ring (bicyclic) bond motifs is 2. The molecule has 20 heteroatoms. The molecule has 1 aliphatic carbocycles. The number of rotatable bonds is 10. The van der Waals surface area contributed by atoms with Gasteiger partial charge < -0.3 is 14.9 Å².